The fourth-order valence-corrected chi connectivity index (χ4v) is 2.30. The summed E-state index contributed by atoms with van der Waals surface area (Å²) in [4.78, 5) is 23.8. The van der Waals surface area contributed by atoms with Crippen molar-refractivity contribution >= 4 is 34.8 Å². The molecule has 0 spiro atoms. The number of hydrogen-bond acceptors (Lipinski definition) is 6. The van der Waals surface area contributed by atoms with Crippen molar-refractivity contribution in [2.24, 2.45) is 0 Å². The molecule has 0 saturated carbocycles. The molecule has 1 atom stereocenters. The average molecular weight is 442 g/mol. The Labute approximate surface area is 172 Å². The number of pyridine rings is 1. The third-order valence-corrected chi connectivity index (χ3v) is 3.76. The van der Waals surface area contributed by atoms with Crippen molar-refractivity contribution in [3.8, 4) is 5.75 Å². The Kier molecular flexibility index (Phi) is 6.62. The molecule has 12 heteroatoms. The Hall–Kier alpha value is -3.47. The van der Waals surface area contributed by atoms with Crippen molar-refractivity contribution < 1.29 is 27.1 Å². The van der Waals surface area contributed by atoms with Gasteiger partial charge in [-0.3, -0.25) is 4.79 Å². The van der Waals surface area contributed by atoms with Crippen LogP contribution < -0.4 is 15.4 Å². The first-order valence-corrected chi connectivity index (χ1v) is 8.61. The molecule has 1 aromatic carbocycles. The molecule has 3 aromatic rings. The van der Waals surface area contributed by atoms with Crippen LogP contribution in [0.25, 0.3) is 0 Å². The Morgan fingerprint density at radius 1 is 1.10 bits per heavy atom. The number of hydrogen-bond donors (Lipinski definition) is 2. The lowest BCUT2D eigenvalue weighted by atomic mass is 10.3. The second kappa shape index (κ2) is 9.35. The number of carbonyl (C=O) groups is 1. The van der Waals surface area contributed by atoms with Gasteiger partial charge in [-0.1, -0.05) is 11.6 Å². The van der Waals surface area contributed by atoms with E-state index in [0.717, 1.165) is 6.20 Å². The summed E-state index contributed by atoms with van der Waals surface area (Å²) in [5.74, 6) is -2.50. The molecule has 0 aliphatic heterocycles. The van der Waals surface area contributed by atoms with Crippen molar-refractivity contribution in [1.82, 2.24) is 15.0 Å². The third kappa shape index (κ3) is 5.54. The molecule has 0 aliphatic rings. The highest BCUT2D eigenvalue weighted by Crippen LogP contribution is 2.27. The van der Waals surface area contributed by atoms with Gasteiger partial charge in [-0.15, -0.1) is 0 Å². The van der Waals surface area contributed by atoms with Crippen LogP contribution in [0, 0.1) is 5.95 Å². The third-order valence-electron chi connectivity index (χ3n) is 3.51. The second-order valence-corrected chi connectivity index (χ2v) is 6.09. The molecule has 0 aliphatic carbocycles. The van der Waals surface area contributed by atoms with Gasteiger partial charge in [0.1, 0.15) is 11.4 Å². The lowest BCUT2D eigenvalue weighted by Gasteiger charge is -2.14. The smallest absolute Gasteiger partial charge is 0.304 e. The van der Waals surface area contributed by atoms with Gasteiger partial charge in [-0.2, -0.15) is 8.78 Å². The molecule has 30 heavy (non-hydrogen) atoms. The highest BCUT2D eigenvalue weighted by molar-refractivity contribution is 6.30. The molecule has 0 bridgehead atoms. The SMILES string of the molecule is O=C(Nc1cnc(F)cc1OC(F)C(F)F)c1ccnc(Nc2ccc(Cl)cc2)n1. The van der Waals surface area contributed by atoms with Crippen LogP contribution in [0.3, 0.4) is 0 Å². The fourth-order valence-electron chi connectivity index (χ4n) is 2.17. The first-order valence-electron chi connectivity index (χ1n) is 8.23. The number of halogens is 5. The van der Waals surface area contributed by atoms with Gasteiger partial charge in [-0.25, -0.2) is 23.7 Å². The molecular weight excluding hydrogens is 430 g/mol. The molecule has 0 radical (unpaired) electrons. The van der Waals surface area contributed by atoms with Crippen LogP contribution in [-0.4, -0.2) is 33.6 Å². The summed E-state index contributed by atoms with van der Waals surface area (Å²) in [6.07, 6.45) is -4.38. The molecule has 2 aromatic heterocycles. The number of alkyl halides is 3. The number of anilines is 3. The van der Waals surface area contributed by atoms with Gasteiger partial charge in [0.25, 0.3) is 12.3 Å². The fraction of sp³-hybridized carbons (Fsp3) is 0.111. The Balaban J connectivity index is 1.77. The van der Waals surface area contributed by atoms with Crippen molar-refractivity contribution in [2.45, 2.75) is 12.8 Å². The van der Waals surface area contributed by atoms with E-state index in [1.54, 1.807) is 24.3 Å². The Morgan fingerprint density at radius 2 is 1.83 bits per heavy atom. The van der Waals surface area contributed by atoms with E-state index in [2.05, 4.69) is 30.3 Å². The summed E-state index contributed by atoms with van der Waals surface area (Å²) in [7, 11) is 0. The zero-order valence-corrected chi connectivity index (χ0v) is 15.6. The van der Waals surface area contributed by atoms with Gasteiger partial charge in [0.05, 0.1) is 6.20 Å². The molecule has 1 amide bonds. The van der Waals surface area contributed by atoms with Crippen LogP contribution in [0.4, 0.5) is 34.9 Å². The minimum absolute atomic E-state index is 0.0835. The number of aromatic nitrogens is 3. The molecule has 7 nitrogen and oxygen atoms in total. The molecule has 0 fully saturated rings. The minimum Gasteiger partial charge on any atom is -0.452 e. The number of ether oxygens (including phenoxy) is 1. The summed E-state index contributed by atoms with van der Waals surface area (Å²) in [5, 5.41) is 5.65. The summed E-state index contributed by atoms with van der Waals surface area (Å²) in [6.45, 7) is 0. The molecular formula is C18H12ClF4N5O2. The molecule has 3 rings (SSSR count). The van der Waals surface area contributed by atoms with E-state index in [-0.39, 0.29) is 17.3 Å². The monoisotopic (exact) mass is 441 g/mol. The Morgan fingerprint density at radius 3 is 2.53 bits per heavy atom. The van der Waals surface area contributed by atoms with Gasteiger partial charge in [-0.05, 0) is 30.3 Å². The predicted molar refractivity (Wildman–Crippen MR) is 100 cm³/mol. The summed E-state index contributed by atoms with van der Waals surface area (Å²) in [5.41, 5.74) is 0.161. The summed E-state index contributed by atoms with van der Waals surface area (Å²) < 4.78 is 55.6. The van der Waals surface area contributed by atoms with Gasteiger partial charge in [0, 0.05) is 23.0 Å². The summed E-state index contributed by atoms with van der Waals surface area (Å²) in [6, 6.07) is 8.46. The normalized spacial score (nSPS) is 11.8. The Bertz CT molecular complexity index is 1040. The molecule has 1 unspecified atom stereocenters. The zero-order valence-electron chi connectivity index (χ0n) is 14.8. The molecule has 2 heterocycles. The number of rotatable bonds is 7. The largest absolute Gasteiger partial charge is 0.452 e. The first-order chi connectivity index (χ1) is 14.3. The van der Waals surface area contributed by atoms with Gasteiger partial charge in [0.15, 0.2) is 5.75 Å². The second-order valence-electron chi connectivity index (χ2n) is 5.66. The van der Waals surface area contributed by atoms with E-state index >= 15 is 0 Å². The van der Waals surface area contributed by atoms with Gasteiger partial charge in [0.2, 0.25) is 11.9 Å². The number of nitrogens with one attached hydrogen (secondary N) is 2. The standard InChI is InChI=1S/C18H12ClF4N5O2/c19-9-1-3-10(4-2-9)26-18-24-6-5-11(28-18)17(29)27-12-8-25-14(20)7-13(12)30-16(23)15(21)22/h1-8,15-16H,(H,27,29)(H,24,26,28). The maximum Gasteiger partial charge on any atom is 0.304 e. The zero-order chi connectivity index (χ0) is 21.7. The van der Waals surface area contributed by atoms with Gasteiger partial charge < -0.3 is 15.4 Å². The van der Waals surface area contributed by atoms with E-state index in [9.17, 15) is 22.4 Å². The van der Waals surface area contributed by atoms with E-state index < -0.39 is 30.4 Å². The van der Waals surface area contributed by atoms with E-state index in [4.69, 9.17) is 11.6 Å². The number of carbonyl (C=O) groups excluding carboxylic acids is 1. The minimum atomic E-state index is -3.46. The maximum atomic E-state index is 13.3. The highest BCUT2D eigenvalue weighted by Gasteiger charge is 2.23. The van der Waals surface area contributed by atoms with Crippen LogP contribution in [0.5, 0.6) is 5.75 Å². The number of amides is 1. The van der Waals surface area contributed by atoms with Crippen molar-refractivity contribution in [3.63, 3.8) is 0 Å². The molecule has 156 valence electrons. The average Bonchev–Trinajstić information content (AvgIpc) is 2.71. The van der Waals surface area contributed by atoms with Gasteiger partial charge >= 0.3 is 6.43 Å². The van der Waals surface area contributed by atoms with Crippen LogP contribution in [0.15, 0.2) is 48.8 Å². The quantitative estimate of drug-likeness (QED) is 0.411. The highest BCUT2D eigenvalue weighted by atomic mass is 35.5. The lowest BCUT2D eigenvalue weighted by molar-refractivity contribution is -0.0666. The predicted octanol–water partition coefficient (Wildman–Crippen LogP) is 4.60. The van der Waals surface area contributed by atoms with Crippen LogP contribution in [-0.2, 0) is 0 Å². The number of nitrogens with zero attached hydrogens (tertiary/aromatic N) is 3. The van der Waals surface area contributed by atoms with Crippen LogP contribution in [0.2, 0.25) is 5.02 Å². The van der Waals surface area contributed by atoms with Crippen molar-refractivity contribution in [2.75, 3.05) is 10.6 Å². The van der Waals surface area contributed by atoms with E-state index in [0.29, 0.717) is 16.8 Å². The number of benzene rings is 1. The van der Waals surface area contributed by atoms with Crippen molar-refractivity contribution in [3.05, 3.63) is 65.5 Å². The van der Waals surface area contributed by atoms with Crippen LogP contribution >= 0.6 is 11.6 Å². The molecule has 0 saturated heterocycles. The topological polar surface area (TPSA) is 89.0 Å². The first kappa shape index (κ1) is 21.2. The van der Waals surface area contributed by atoms with Crippen molar-refractivity contribution in [1.29, 1.82) is 0 Å². The summed E-state index contributed by atoms with van der Waals surface area (Å²) >= 11 is 5.81. The maximum absolute atomic E-state index is 13.3. The lowest BCUT2D eigenvalue weighted by Crippen LogP contribution is -2.21. The van der Waals surface area contributed by atoms with E-state index in [1.165, 1.54) is 12.3 Å². The van der Waals surface area contributed by atoms with E-state index in [1.807, 2.05) is 0 Å². The molecule has 2 N–H and O–H groups in total. The van der Waals surface area contributed by atoms with Crippen LogP contribution in [0.1, 0.15) is 10.5 Å².